The molecular formula is C27H28N2O5S. The third-order valence-corrected chi connectivity index (χ3v) is 7.87. The Hall–Kier alpha value is -3.39. The molecule has 7 nitrogen and oxygen atoms in total. The number of rotatable bonds is 5. The third kappa shape index (κ3) is 5.17. The first kappa shape index (κ1) is 23.4. The maximum atomic E-state index is 12.8. The smallest absolute Gasteiger partial charge is 0.336 e. The summed E-state index contributed by atoms with van der Waals surface area (Å²) < 4.78 is 11.0. The van der Waals surface area contributed by atoms with Crippen molar-refractivity contribution in [2.75, 3.05) is 32.8 Å². The number of hydrogen-bond acceptors (Lipinski definition) is 6. The van der Waals surface area contributed by atoms with Crippen LogP contribution in [0.3, 0.4) is 0 Å². The lowest BCUT2D eigenvalue weighted by Crippen LogP contribution is -2.44. The molecule has 8 heteroatoms. The Morgan fingerprint density at radius 1 is 1.11 bits per heavy atom. The quantitative estimate of drug-likeness (QED) is 0.396. The zero-order valence-corrected chi connectivity index (χ0v) is 20.5. The number of fused-ring (bicyclic) bond motifs is 1. The first-order valence-electron chi connectivity index (χ1n) is 11.9. The van der Waals surface area contributed by atoms with Crippen molar-refractivity contribution in [2.24, 2.45) is 5.41 Å². The van der Waals surface area contributed by atoms with Gasteiger partial charge in [-0.2, -0.15) is 11.3 Å². The molecule has 2 aromatic heterocycles. The minimum Gasteiger partial charge on any atom is -0.484 e. The zero-order chi connectivity index (χ0) is 24.4. The van der Waals surface area contributed by atoms with E-state index in [9.17, 15) is 14.4 Å². The van der Waals surface area contributed by atoms with Gasteiger partial charge in [0.1, 0.15) is 11.3 Å². The fourth-order valence-corrected chi connectivity index (χ4v) is 5.66. The second kappa shape index (κ2) is 9.70. The molecular weight excluding hydrogens is 464 g/mol. The Morgan fingerprint density at radius 2 is 1.89 bits per heavy atom. The van der Waals surface area contributed by atoms with Crippen molar-refractivity contribution in [1.29, 1.82) is 0 Å². The van der Waals surface area contributed by atoms with Gasteiger partial charge >= 0.3 is 5.63 Å². The van der Waals surface area contributed by atoms with Gasteiger partial charge in [-0.1, -0.05) is 0 Å². The van der Waals surface area contributed by atoms with Gasteiger partial charge in [0.2, 0.25) is 5.91 Å². The lowest BCUT2D eigenvalue weighted by atomic mass is 9.78. The lowest BCUT2D eigenvalue weighted by molar-refractivity contribution is -0.133. The summed E-state index contributed by atoms with van der Waals surface area (Å²) in [7, 11) is 0. The monoisotopic (exact) mass is 492 g/mol. The van der Waals surface area contributed by atoms with E-state index in [0.717, 1.165) is 35.8 Å². The summed E-state index contributed by atoms with van der Waals surface area (Å²) in [6.07, 6.45) is 6.27. The van der Waals surface area contributed by atoms with Gasteiger partial charge in [-0.15, -0.1) is 0 Å². The summed E-state index contributed by atoms with van der Waals surface area (Å²) in [5, 5.41) is 4.85. The Labute approximate surface area is 207 Å². The van der Waals surface area contributed by atoms with E-state index in [2.05, 4.69) is 0 Å². The van der Waals surface area contributed by atoms with Crippen molar-refractivity contribution < 1.29 is 18.7 Å². The van der Waals surface area contributed by atoms with Crippen LogP contribution in [0.2, 0.25) is 0 Å². The lowest BCUT2D eigenvalue weighted by Gasteiger charge is -2.38. The highest BCUT2D eigenvalue weighted by molar-refractivity contribution is 7.08. The fourth-order valence-electron chi connectivity index (χ4n) is 5.03. The van der Waals surface area contributed by atoms with Crippen LogP contribution < -0.4 is 10.4 Å². The van der Waals surface area contributed by atoms with E-state index in [1.54, 1.807) is 29.5 Å². The molecule has 182 valence electrons. The van der Waals surface area contributed by atoms with Crippen LogP contribution in [0.25, 0.3) is 17.0 Å². The number of carbonyl (C=O) groups is 2. The third-order valence-electron chi connectivity index (χ3n) is 7.17. The van der Waals surface area contributed by atoms with Crippen LogP contribution in [-0.4, -0.2) is 54.4 Å². The minimum absolute atomic E-state index is 0.0480. The van der Waals surface area contributed by atoms with E-state index in [1.807, 2.05) is 45.7 Å². The topological polar surface area (TPSA) is 80.1 Å². The molecule has 2 fully saturated rings. The van der Waals surface area contributed by atoms with Crippen molar-refractivity contribution in [2.45, 2.75) is 26.2 Å². The zero-order valence-electron chi connectivity index (χ0n) is 19.7. The summed E-state index contributed by atoms with van der Waals surface area (Å²) in [4.78, 5) is 40.8. The maximum absolute atomic E-state index is 12.8. The van der Waals surface area contributed by atoms with E-state index in [4.69, 9.17) is 9.15 Å². The number of ether oxygens (including phenoxy) is 1. The van der Waals surface area contributed by atoms with Crippen LogP contribution in [0.5, 0.6) is 5.75 Å². The van der Waals surface area contributed by atoms with Gasteiger partial charge in [0.05, 0.1) is 0 Å². The van der Waals surface area contributed by atoms with E-state index in [1.165, 1.54) is 6.07 Å². The maximum Gasteiger partial charge on any atom is 0.336 e. The van der Waals surface area contributed by atoms with Crippen LogP contribution in [0.1, 0.15) is 30.4 Å². The molecule has 0 unspecified atom stereocenters. The van der Waals surface area contributed by atoms with Crippen molar-refractivity contribution in [1.82, 2.24) is 9.80 Å². The van der Waals surface area contributed by atoms with Crippen LogP contribution >= 0.6 is 11.3 Å². The molecule has 0 N–H and O–H groups in total. The average molecular weight is 493 g/mol. The summed E-state index contributed by atoms with van der Waals surface area (Å²) in [5.41, 5.74) is 2.01. The van der Waals surface area contributed by atoms with Crippen molar-refractivity contribution in [3.63, 3.8) is 0 Å². The number of amides is 2. The summed E-state index contributed by atoms with van der Waals surface area (Å²) in [6.45, 7) is 4.64. The number of likely N-dealkylation sites (tertiary alicyclic amines) is 2. The van der Waals surface area contributed by atoms with Crippen molar-refractivity contribution >= 4 is 40.2 Å². The number of aryl methyl sites for hydroxylation is 1. The van der Waals surface area contributed by atoms with Crippen LogP contribution in [0.4, 0.5) is 0 Å². The Morgan fingerprint density at radius 3 is 2.63 bits per heavy atom. The van der Waals surface area contributed by atoms with Gasteiger partial charge in [0.15, 0.2) is 6.61 Å². The molecule has 3 aromatic rings. The minimum atomic E-state index is -0.406. The highest BCUT2D eigenvalue weighted by Gasteiger charge is 2.42. The van der Waals surface area contributed by atoms with Crippen LogP contribution in [0.15, 0.2) is 56.4 Å². The number of piperidine rings is 1. The van der Waals surface area contributed by atoms with Gasteiger partial charge in [-0.05, 0) is 77.8 Å². The molecule has 2 aliphatic heterocycles. The highest BCUT2D eigenvalue weighted by atomic mass is 32.1. The Kier molecular flexibility index (Phi) is 6.47. The Balaban J connectivity index is 1.13. The van der Waals surface area contributed by atoms with Gasteiger partial charge in [0.25, 0.3) is 5.91 Å². The molecule has 4 heterocycles. The summed E-state index contributed by atoms with van der Waals surface area (Å²) in [5.74, 6) is 0.493. The SMILES string of the molecule is Cc1cc(=O)oc2cc(OCC(=O)N3CCC4(CCN(C(=O)C=Cc5ccsc5)CC4)C3)ccc12. The molecule has 1 aromatic carbocycles. The average Bonchev–Trinajstić information content (AvgIpc) is 3.52. The second-order valence-electron chi connectivity index (χ2n) is 9.48. The molecule has 0 radical (unpaired) electrons. The molecule has 35 heavy (non-hydrogen) atoms. The molecule has 2 saturated heterocycles. The molecule has 2 amide bonds. The molecule has 5 rings (SSSR count). The Bertz CT molecular complexity index is 1320. The van der Waals surface area contributed by atoms with Crippen LogP contribution in [0, 0.1) is 12.3 Å². The molecule has 0 saturated carbocycles. The normalized spacial score (nSPS) is 17.5. The molecule has 2 aliphatic rings. The van der Waals surface area contributed by atoms with E-state index >= 15 is 0 Å². The van der Waals surface area contributed by atoms with Crippen molar-refractivity contribution in [3.8, 4) is 5.75 Å². The molecule has 0 aliphatic carbocycles. The number of benzene rings is 1. The standard InChI is InChI=1S/C27H28N2O5S/c1-19-14-26(32)34-23-15-21(3-4-22(19)23)33-16-25(31)29-12-9-27(18-29)7-10-28(11-8-27)24(30)5-2-20-6-13-35-17-20/h2-6,13-15,17H,7-12,16,18H2,1H3. The highest BCUT2D eigenvalue weighted by Crippen LogP contribution is 2.40. The second-order valence-corrected chi connectivity index (χ2v) is 10.3. The van der Waals surface area contributed by atoms with Crippen molar-refractivity contribution in [3.05, 3.63) is 68.7 Å². The van der Waals surface area contributed by atoms with Gasteiger partial charge in [-0.25, -0.2) is 4.79 Å². The molecule has 0 atom stereocenters. The summed E-state index contributed by atoms with van der Waals surface area (Å²) >= 11 is 1.61. The van der Waals surface area contributed by atoms with Gasteiger partial charge in [0, 0.05) is 49.8 Å². The van der Waals surface area contributed by atoms with Gasteiger partial charge < -0.3 is 19.0 Å². The van der Waals surface area contributed by atoms with E-state index in [0.29, 0.717) is 37.5 Å². The predicted molar refractivity (Wildman–Crippen MR) is 136 cm³/mol. The van der Waals surface area contributed by atoms with Crippen LogP contribution in [-0.2, 0) is 9.59 Å². The van der Waals surface area contributed by atoms with E-state index < -0.39 is 5.63 Å². The largest absolute Gasteiger partial charge is 0.484 e. The predicted octanol–water partition coefficient (Wildman–Crippen LogP) is 4.10. The number of thiophene rings is 1. The number of nitrogens with zero attached hydrogens (tertiary/aromatic N) is 2. The number of hydrogen-bond donors (Lipinski definition) is 0. The first-order valence-corrected chi connectivity index (χ1v) is 12.8. The van der Waals surface area contributed by atoms with Gasteiger partial charge in [-0.3, -0.25) is 9.59 Å². The summed E-state index contributed by atoms with van der Waals surface area (Å²) in [6, 6.07) is 8.72. The molecule has 0 bridgehead atoms. The fraction of sp³-hybridized carbons (Fsp3) is 0.370. The first-order chi connectivity index (χ1) is 16.9. The molecule has 1 spiro atoms. The number of carbonyl (C=O) groups excluding carboxylic acids is 2. The van der Waals surface area contributed by atoms with E-state index in [-0.39, 0.29) is 23.8 Å².